The fourth-order valence-electron chi connectivity index (χ4n) is 1.93. The van der Waals surface area contributed by atoms with Crippen molar-refractivity contribution in [3.8, 4) is 0 Å². The zero-order valence-electron chi connectivity index (χ0n) is 9.06. The summed E-state index contributed by atoms with van der Waals surface area (Å²) in [6.07, 6.45) is 6.00. The third kappa shape index (κ3) is 2.74. The van der Waals surface area contributed by atoms with Gasteiger partial charge in [-0.25, -0.2) is 9.42 Å². The van der Waals surface area contributed by atoms with E-state index in [1.165, 1.54) is 25.3 Å². The van der Waals surface area contributed by atoms with Gasteiger partial charge in [0.2, 0.25) is 11.9 Å². The Bertz CT molecular complexity index is 378. The highest BCUT2D eigenvalue weighted by Gasteiger charge is 2.13. The van der Waals surface area contributed by atoms with E-state index in [4.69, 9.17) is 0 Å². The maximum Gasteiger partial charge on any atom is 0.242 e. The zero-order chi connectivity index (χ0) is 11.2. The fourth-order valence-corrected chi connectivity index (χ4v) is 1.93. The minimum atomic E-state index is 0.256. The number of aliphatic imine (C=N–C) groups is 1. The molecule has 0 aliphatic carbocycles. The van der Waals surface area contributed by atoms with Crippen molar-refractivity contribution in [2.24, 2.45) is 4.99 Å². The Morgan fingerprint density at radius 3 is 2.88 bits per heavy atom. The van der Waals surface area contributed by atoms with E-state index in [2.05, 4.69) is 24.8 Å². The van der Waals surface area contributed by atoms with Crippen LogP contribution in [0.25, 0.3) is 0 Å². The highest BCUT2D eigenvalue weighted by Crippen LogP contribution is 2.15. The van der Waals surface area contributed by atoms with Crippen LogP contribution in [-0.4, -0.2) is 40.9 Å². The molecule has 0 bridgehead atoms. The van der Waals surface area contributed by atoms with Gasteiger partial charge in [0.05, 0.1) is 0 Å². The molecule has 1 aromatic heterocycles. The monoisotopic (exact) mass is 222 g/mol. The number of nitrogens with zero attached hydrogens (tertiary/aromatic N) is 4. The van der Waals surface area contributed by atoms with Crippen molar-refractivity contribution in [3.05, 3.63) is 5.69 Å². The van der Waals surface area contributed by atoms with E-state index >= 15 is 0 Å². The van der Waals surface area contributed by atoms with Crippen molar-refractivity contribution in [1.82, 2.24) is 15.2 Å². The first kappa shape index (κ1) is 11.0. The average Bonchev–Trinajstić information content (AvgIpc) is 2.76. The molecule has 1 aliphatic heterocycles. The number of rotatable bonds is 4. The smallest absolute Gasteiger partial charge is 0.242 e. The lowest BCUT2D eigenvalue weighted by Crippen LogP contribution is -2.31. The van der Waals surface area contributed by atoms with Crippen molar-refractivity contribution < 1.29 is 9.42 Å². The summed E-state index contributed by atoms with van der Waals surface area (Å²) in [5.74, 6) is 0.256. The van der Waals surface area contributed by atoms with E-state index in [9.17, 15) is 4.79 Å². The third-order valence-electron chi connectivity index (χ3n) is 2.80. The van der Waals surface area contributed by atoms with Gasteiger partial charge in [0.15, 0.2) is 0 Å². The summed E-state index contributed by atoms with van der Waals surface area (Å²) >= 11 is 0. The molecule has 0 amide bonds. The van der Waals surface area contributed by atoms with Gasteiger partial charge in [-0.2, -0.15) is 0 Å². The Kier molecular flexibility index (Phi) is 3.80. The molecule has 0 spiro atoms. The van der Waals surface area contributed by atoms with Crippen molar-refractivity contribution in [2.45, 2.75) is 25.7 Å². The van der Waals surface area contributed by atoms with Crippen LogP contribution in [-0.2, 0) is 11.2 Å². The number of carbonyl (C=O) groups excluding carboxylic acids is 1. The number of hydrogen-bond donors (Lipinski definition) is 0. The van der Waals surface area contributed by atoms with Gasteiger partial charge in [-0.15, -0.1) is 4.99 Å². The van der Waals surface area contributed by atoms with Gasteiger partial charge in [0.25, 0.3) is 0 Å². The topological polar surface area (TPSA) is 71.6 Å². The molecule has 1 aliphatic rings. The molecule has 0 unspecified atom stereocenters. The second-order valence-corrected chi connectivity index (χ2v) is 3.89. The van der Waals surface area contributed by atoms with Crippen LogP contribution in [0.15, 0.2) is 9.62 Å². The molecule has 0 aromatic carbocycles. The molecule has 0 N–H and O–H groups in total. The normalized spacial score (nSPS) is 17.0. The number of piperidine rings is 1. The van der Waals surface area contributed by atoms with Crippen LogP contribution in [0, 0.1) is 0 Å². The second kappa shape index (κ2) is 5.53. The molecule has 16 heavy (non-hydrogen) atoms. The highest BCUT2D eigenvalue weighted by molar-refractivity contribution is 5.45. The Labute approximate surface area is 93.3 Å². The molecule has 1 fully saturated rings. The molecule has 0 saturated carbocycles. The molecule has 0 radical (unpaired) electrons. The number of hydrogen-bond acceptors (Lipinski definition) is 6. The van der Waals surface area contributed by atoms with Gasteiger partial charge in [0.1, 0.15) is 5.69 Å². The highest BCUT2D eigenvalue weighted by atomic mass is 16.6. The van der Waals surface area contributed by atoms with Gasteiger partial charge >= 0.3 is 0 Å². The average molecular weight is 222 g/mol. The third-order valence-corrected chi connectivity index (χ3v) is 2.80. The summed E-state index contributed by atoms with van der Waals surface area (Å²) in [6, 6.07) is 0. The molecule has 2 heterocycles. The molecule has 1 aromatic rings. The molecule has 6 heteroatoms. The Hall–Kier alpha value is -1.52. The molecule has 1 saturated heterocycles. The quantitative estimate of drug-likeness (QED) is 0.562. The summed E-state index contributed by atoms with van der Waals surface area (Å²) in [4.78, 5) is 15.9. The van der Waals surface area contributed by atoms with Crippen LogP contribution in [0.2, 0.25) is 0 Å². The van der Waals surface area contributed by atoms with Crippen molar-refractivity contribution in [3.63, 3.8) is 0 Å². The Balaban J connectivity index is 1.88. The summed E-state index contributed by atoms with van der Waals surface area (Å²) in [6.45, 7) is 3.19. The zero-order valence-corrected chi connectivity index (χ0v) is 9.06. The van der Waals surface area contributed by atoms with Crippen LogP contribution >= 0.6 is 0 Å². The van der Waals surface area contributed by atoms with Gasteiger partial charge in [-0.3, -0.25) is 0 Å². The van der Waals surface area contributed by atoms with E-state index in [1.807, 2.05) is 0 Å². The molecule has 86 valence electrons. The number of likely N-dealkylation sites (tertiary alicyclic amines) is 1. The summed E-state index contributed by atoms with van der Waals surface area (Å²) in [5.41, 5.74) is 0.633. The number of isocyanates is 1. The lowest BCUT2D eigenvalue weighted by Gasteiger charge is -2.25. The number of aromatic nitrogens is 2. The SMILES string of the molecule is O=C=Nc1nonc1CCN1CCCCC1. The van der Waals surface area contributed by atoms with E-state index < -0.39 is 0 Å². The van der Waals surface area contributed by atoms with Crippen molar-refractivity contribution in [2.75, 3.05) is 19.6 Å². The predicted molar refractivity (Wildman–Crippen MR) is 56.1 cm³/mol. The molecular weight excluding hydrogens is 208 g/mol. The van der Waals surface area contributed by atoms with Crippen LogP contribution in [0.1, 0.15) is 25.0 Å². The van der Waals surface area contributed by atoms with E-state index in [1.54, 1.807) is 0 Å². The minimum absolute atomic E-state index is 0.256. The van der Waals surface area contributed by atoms with Crippen LogP contribution in [0.3, 0.4) is 0 Å². The predicted octanol–water partition coefficient (Wildman–Crippen LogP) is 1.07. The van der Waals surface area contributed by atoms with Crippen molar-refractivity contribution >= 4 is 11.9 Å². The van der Waals surface area contributed by atoms with E-state index in [0.29, 0.717) is 12.1 Å². The lowest BCUT2D eigenvalue weighted by atomic mass is 10.1. The largest absolute Gasteiger partial charge is 0.303 e. The van der Waals surface area contributed by atoms with Gasteiger partial charge < -0.3 is 4.90 Å². The second-order valence-electron chi connectivity index (χ2n) is 3.89. The Morgan fingerprint density at radius 2 is 2.12 bits per heavy atom. The molecule has 6 nitrogen and oxygen atoms in total. The van der Waals surface area contributed by atoms with E-state index in [-0.39, 0.29) is 5.82 Å². The molecular formula is C10H14N4O2. The van der Waals surface area contributed by atoms with Crippen LogP contribution < -0.4 is 0 Å². The fraction of sp³-hybridized carbons (Fsp3) is 0.700. The first-order valence-corrected chi connectivity index (χ1v) is 5.52. The summed E-state index contributed by atoms with van der Waals surface area (Å²) in [7, 11) is 0. The van der Waals surface area contributed by atoms with Gasteiger partial charge in [0, 0.05) is 13.0 Å². The van der Waals surface area contributed by atoms with Crippen LogP contribution in [0.4, 0.5) is 5.82 Å². The Morgan fingerprint density at radius 1 is 1.31 bits per heavy atom. The first-order valence-electron chi connectivity index (χ1n) is 5.52. The van der Waals surface area contributed by atoms with Crippen LogP contribution in [0.5, 0.6) is 0 Å². The van der Waals surface area contributed by atoms with Gasteiger partial charge in [-0.05, 0) is 31.1 Å². The molecule has 0 atom stereocenters. The summed E-state index contributed by atoms with van der Waals surface area (Å²) in [5, 5.41) is 7.27. The first-order chi connectivity index (χ1) is 7.90. The molecule has 2 rings (SSSR count). The van der Waals surface area contributed by atoms with Gasteiger partial charge in [-0.1, -0.05) is 11.6 Å². The maximum atomic E-state index is 10.1. The summed E-state index contributed by atoms with van der Waals surface area (Å²) < 4.78 is 4.55. The maximum absolute atomic E-state index is 10.1. The van der Waals surface area contributed by atoms with E-state index in [0.717, 1.165) is 19.6 Å². The minimum Gasteiger partial charge on any atom is -0.303 e. The lowest BCUT2D eigenvalue weighted by molar-refractivity contribution is 0.229. The standard InChI is InChI=1S/C10H14N4O2/c15-8-11-10-9(12-16-13-10)4-7-14-5-2-1-3-6-14/h1-7H2. The van der Waals surface area contributed by atoms with Crippen molar-refractivity contribution in [1.29, 1.82) is 0 Å².